The zero-order valence-electron chi connectivity index (χ0n) is 7.24. The molecule has 0 saturated carbocycles. The van der Waals surface area contributed by atoms with Crippen LogP contribution in [0.1, 0.15) is 0 Å². The van der Waals surface area contributed by atoms with E-state index in [4.69, 9.17) is 11.6 Å². The molecule has 1 aromatic heterocycles. The quantitative estimate of drug-likeness (QED) is 0.680. The summed E-state index contributed by atoms with van der Waals surface area (Å²) in [6, 6.07) is 9.97. The highest BCUT2D eigenvalue weighted by Crippen LogP contribution is 2.19. The lowest BCUT2D eigenvalue weighted by atomic mass is 10.2. The second kappa shape index (κ2) is 3.23. The van der Waals surface area contributed by atoms with E-state index in [2.05, 4.69) is 4.98 Å². The molecule has 0 radical (unpaired) electrons. The highest BCUT2D eigenvalue weighted by atomic mass is 35.5. The monoisotopic (exact) mass is 192 g/mol. The minimum Gasteiger partial charge on any atom is -0.332 e. The SMILES string of the molecule is Cn1cc(Cl)nc1-c1ccccc1. The van der Waals surface area contributed by atoms with E-state index in [1.807, 2.05) is 41.9 Å². The summed E-state index contributed by atoms with van der Waals surface area (Å²) in [5.74, 6) is 0.894. The van der Waals surface area contributed by atoms with E-state index in [1.165, 1.54) is 0 Å². The summed E-state index contributed by atoms with van der Waals surface area (Å²) in [4.78, 5) is 4.21. The van der Waals surface area contributed by atoms with Crippen LogP contribution in [0.25, 0.3) is 11.4 Å². The van der Waals surface area contributed by atoms with Crippen molar-refractivity contribution in [1.82, 2.24) is 9.55 Å². The molecule has 0 saturated heterocycles. The fourth-order valence-corrected chi connectivity index (χ4v) is 1.51. The van der Waals surface area contributed by atoms with Gasteiger partial charge in [0.25, 0.3) is 0 Å². The van der Waals surface area contributed by atoms with Crippen molar-refractivity contribution in [2.75, 3.05) is 0 Å². The molecule has 3 heteroatoms. The maximum Gasteiger partial charge on any atom is 0.147 e. The largest absolute Gasteiger partial charge is 0.332 e. The Hall–Kier alpha value is -1.28. The third kappa shape index (κ3) is 1.58. The number of aromatic nitrogens is 2. The summed E-state index contributed by atoms with van der Waals surface area (Å²) < 4.78 is 1.91. The van der Waals surface area contributed by atoms with Gasteiger partial charge in [0.1, 0.15) is 11.0 Å². The van der Waals surface area contributed by atoms with Crippen LogP contribution in [0, 0.1) is 0 Å². The van der Waals surface area contributed by atoms with Crippen molar-refractivity contribution in [3.63, 3.8) is 0 Å². The lowest BCUT2D eigenvalue weighted by Crippen LogP contribution is -1.89. The maximum atomic E-state index is 5.78. The minimum atomic E-state index is 0.529. The van der Waals surface area contributed by atoms with Crippen LogP contribution >= 0.6 is 11.6 Å². The van der Waals surface area contributed by atoms with Gasteiger partial charge in [-0.2, -0.15) is 0 Å². The molecule has 2 nitrogen and oxygen atoms in total. The van der Waals surface area contributed by atoms with Crippen LogP contribution < -0.4 is 0 Å². The van der Waals surface area contributed by atoms with Crippen LogP contribution in [0.2, 0.25) is 5.15 Å². The van der Waals surface area contributed by atoms with Crippen LogP contribution in [-0.4, -0.2) is 9.55 Å². The Morgan fingerprint density at radius 1 is 1.23 bits per heavy atom. The minimum absolute atomic E-state index is 0.529. The predicted molar refractivity (Wildman–Crippen MR) is 53.7 cm³/mol. The van der Waals surface area contributed by atoms with Gasteiger partial charge in [-0.3, -0.25) is 0 Å². The van der Waals surface area contributed by atoms with E-state index in [0.29, 0.717) is 5.15 Å². The summed E-state index contributed by atoms with van der Waals surface area (Å²) in [5, 5.41) is 0.529. The first-order valence-electron chi connectivity index (χ1n) is 4.01. The number of imidazole rings is 1. The molecule has 0 atom stereocenters. The fraction of sp³-hybridized carbons (Fsp3) is 0.100. The predicted octanol–water partition coefficient (Wildman–Crippen LogP) is 2.74. The Labute approximate surface area is 81.8 Å². The molecule has 0 amide bonds. The van der Waals surface area contributed by atoms with Crippen molar-refractivity contribution >= 4 is 11.6 Å². The molecular formula is C10H9ClN2. The maximum absolute atomic E-state index is 5.78. The Morgan fingerprint density at radius 2 is 1.92 bits per heavy atom. The Morgan fingerprint density at radius 3 is 2.46 bits per heavy atom. The van der Waals surface area contributed by atoms with Gasteiger partial charge in [-0.25, -0.2) is 4.98 Å². The van der Waals surface area contributed by atoms with Gasteiger partial charge in [0.2, 0.25) is 0 Å². The van der Waals surface area contributed by atoms with Crippen LogP contribution in [0.15, 0.2) is 36.5 Å². The van der Waals surface area contributed by atoms with Gasteiger partial charge in [0.05, 0.1) is 0 Å². The molecule has 2 rings (SSSR count). The topological polar surface area (TPSA) is 17.8 Å². The van der Waals surface area contributed by atoms with E-state index >= 15 is 0 Å². The third-order valence-electron chi connectivity index (χ3n) is 1.88. The average Bonchev–Trinajstić information content (AvgIpc) is 2.47. The van der Waals surface area contributed by atoms with E-state index in [-0.39, 0.29) is 0 Å². The summed E-state index contributed by atoms with van der Waals surface area (Å²) in [6.45, 7) is 0. The number of hydrogen-bond acceptors (Lipinski definition) is 1. The highest BCUT2D eigenvalue weighted by molar-refractivity contribution is 6.29. The van der Waals surface area contributed by atoms with Crippen LogP contribution in [0.5, 0.6) is 0 Å². The molecule has 1 aromatic carbocycles. The molecule has 0 unspecified atom stereocenters. The molecule has 1 heterocycles. The second-order valence-electron chi connectivity index (χ2n) is 2.86. The van der Waals surface area contributed by atoms with Gasteiger partial charge in [-0.15, -0.1) is 0 Å². The van der Waals surface area contributed by atoms with Crippen LogP contribution in [0.4, 0.5) is 0 Å². The summed E-state index contributed by atoms with van der Waals surface area (Å²) in [7, 11) is 1.93. The smallest absolute Gasteiger partial charge is 0.147 e. The van der Waals surface area contributed by atoms with Crippen molar-refractivity contribution in [2.45, 2.75) is 0 Å². The molecule has 66 valence electrons. The number of halogens is 1. The molecule has 0 fully saturated rings. The number of hydrogen-bond donors (Lipinski definition) is 0. The molecule has 2 aromatic rings. The number of benzene rings is 1. The van der Waals surface area contributed by atoms with Crippen molar-refractivity contribution in [3.05, 3.63) is 41.7 Å². The van der Waals surface area contributed by atoms with Crippen molar-refractivity contribution in [1.29, 1.82) is 0 Å². The van der Waals surface area contributed by atoms with E-state index < -0.39 is 0 Å². The summed E-state index contributed by atoms with van der Waals surface area (Å²) in [5.41, 5.74) is 1.08. The Balaban J connectivity index is 2.53. The van der Waals surface area contributed by atoms with E-state index in [0.717, 1.165) is 11.4 Å². The first kappa shape index (κ1) is 8.32. The van der Waals surface area contributed by atoms with Crippen LogP contribution in [-0.2, 0) is 7.05 Å². The van der Waals surface area contributed by atoms with Gasteiger partial charge in [-0.05, 0) is 0 Å². The number of rotatable bonds is 1. The summed E-state index contributed by atoms with van der Waals surface area (Å²) in [6.07, 6.45) is 1.80. The normalized spacial score (nSPS) is 10.3. The highest BCUT2D eigenvalue weighted by Gasteiger charge is 2.04. The fourth-order valence-electron chi connectivity index (χ4n) is 1.29. The first-order chi connectivity index (χ1) is 6.27. The number of nitrogens with zero attached hydrogens (tertiary/aromatic N) is 2. The Kier molecular flexibility index (Phi) is 2.07. The molecule has 0 aliphatic heterocycles. The van der Waals surface area contributed by atoms with Crippen molar-refractivity contribution in [3.8, 4) is 11.4 Å². The molecule has 0 bridgehead atoms. The lowest BCUT2D eigenvalue weighted by Gasteiger charge is -1.99. The second-order valence-corrected chi connectivity index (χ2v) is 3.25. The zero-order chi connectivity index (χ0) is 9.26. The molecule has 0 aliphatic rings. The third-order valence-corrected chi connectivity index (χ3v) is 2.06. The molecule has 0 N–H and O–H groups in total. The summed E-state index contributed by atoms with van der Waals surface area (Å²) >= 11 is 5.78. The lowest BCUT2D eigenvalue weighted by molar-refractivity contribution is 0.925. The first-order valence-corrected chi connectivity index (χ1v) is 4.39. The van der Waals surface area contributed by atoms with Crippen molar-refractivity contribution in [2.24, 2.45) is 7.05 Å². The molecule has 13 heavy (non-hydrogen) atoms. The average molecular weight is 193 g/mol. The van der Waals surface area contributed by atoms with Gasteiger partial charge in [0.15, 0.2) is 0 Å². The van der Waals surface area contributed by atoms with Crippen LogP contribution in [0.3, 0.4) is 0 Å². The van der Waals surface area contributed by atoms with Crippen molar-refractivity contribution < 1.29 is 0 Å². The Bertz CT molecular complexity index is 406. The standard InChI is InChI=1S/C10H9ClN2/c1-13-7-9(11)12-10(13)8-5-3-2-4-6-8/h2-7H,1H3. The van der Waals surface area contributed by atoms with Gasteiger partial charge in [-0.1, -0.05) is 41.9 Å². The van der Waals surface area contributed by atoms with Gasteiger partial charge >= 0.3 is 0 Å². The zero-order valence-corrected chi connectivity index (χ0v) is 7.99. The molecule has 0 spiro atoms. The van der Waals surface area contributed by atoms with Gasteiger partial charge < -0.3 is 4.57 Å². The number of aryl methyl sites for hydroxylation is 1. The van der Waals surface area contributed by atoms with E-state index in [1.54, 1.807) is 6.20 Å². The molecular weight excluding hydrogens is 184 g/mol. The van der Waals surface area contributed by atoms with Gasteiger partial charge in [0, 0.05) is 18.8 Å². The van der Waals surface area contributed by atoms with E-state index in [9.17, 15) is 0 Å². The molecule has 0 aliphatic carbocycles.